The van der Waals surface area contributed by atoms with Crippen molar-refractivity contribution in [2.75, 3.05) is 37.5 Å². The van der Waals surface area contributed by atoms with Crippen molar-refractivity contribution in [2.24, 2.45) is 0 Å². The number of hydrogen-bond donors (Lipinski definition) is 0. The van der Waals surface area contributed by atoms with Gasteiger partial charge in [-0.15, -0.1) is 0 Å². The van der Waals surface area contributed by atoms with Gasteiger partial charge in [0.15, 0.2) is 0 Å². The van der Waals surface area contributed by atoms with E-state index in [0.717, 1.165) is 6.42 Å². The zero-order valence-corrected chi connectivity index (χ0v) is 18.0. The highest BCUT2D eigenvalue weighted by Gasteiger charge is 2.28. The van der Waals surface area contributed by atoms with E-state index < -0.39 is 11.9 Å². The molecule has 2 fully saturated rings. The average molecular weight is 453 g/mol. The summed E-state index contributed by atoms with van der Waals surface area (Å²) < 4.78 is 9.96. The van der Waals surface area contributed by atoms with Crippen molar-refractivity contribution in [1.82, 2.24) is 4.90 Å². The SMILES string of the molecule is COC(=O)/C=C1/SCC(=O)N1CCCOC(=O)c1ccc(Cl)cc1N1CCCC1=O. The van der Waals surface area contributed by atoms with Gasteiger partial charge >= 0.3 is 11.9 Å². The first kappa shape index (κ1) is 22.2. The maximum absolute atomic E-state index is 12.6. The van der Waals surface area contributed by atoms with E-state index in [0.29, 0.717) is 41.7 Å². The summed E-state index contributed by atoms with van der Waals surface area (Å²) in [6, 6.07) is 4.71. The van der Waals surface area contributed by atoms with Gasteiger partial charge in [0.25, 0.3) is 0 Å². The quantitative estimate of drug-likeness (QED) is 0.356. The molecule has 0 bridgehead atoms. The number of methoxy groups -OCH3 is 1. The van der Waals surface area contributed by atoms with Crippen molar-refractivity contribution < 1.29 is 28.7 Å². The minimum absolute atomic E-state index is 0.0544. The molecule has 2 saturated heterocycles. The second-order valence-electron chi connectivity index (χ2n) is 6.64. The molecule has 8 nitrogen and oxygen atoms in total. The molecule has 2 aliphatic rings. The van der Waals surface area contributed by atoms with Gasteiger partial charge in [-0.25, -0.2) is 9.59 Å². The number of carbonyl (C=O) groups is 4. The predicted octanol–water partition coefficient (Wildman–Crippen LogP) is 2.60. The second-order valence-corrected chi connectivity index (χ2v) is 8.07. The lowest BCUT2D eigenvalue weighted by Gasteiger charge is -2.20. The zero-order valence-electron chi connectivity index (χ0n) is 16.4. The number of nitrogens with zero attached hydrogens (tertiary/aromatic N) is 2. The Balaban J connectivity index is 1.59. The fraction of sp³-hybridized carbons (Fsp3) is 0.400. The number of carbonyl (C=O) groups excluding carboxylic acids is 4. The molecule has 1 aromatic carbocycles. The van der Waals surface area contributed by atoms with Crippen LogP contribution in [0.2, 0.25) is 5.02 Å². The molecule has 0 spiro atoms. The van der Waals surface area contributed by atoms with Crippen LogP contribution < -0.4 is 4.90 Å². The summed E-state index contributed by atoms with van der Waals surface area (Å²) in [5.41, 5.74) is 0.721. The van der Waals surface area contributed by atoms with Crippen LogP contribution in [0.1, 0.15) is 29.6 Å². The summed E-state index contributed by atoms with van der Waals surface area (Å²) in [6.07, 6.45) is 2.82. The van der Waals surface area contributed by atoms with Gasteiger partial charge in [0.1, 0.15) is 0 Å². The van der Waals surface area contributed by atoms with Crippen LogP contribution in [0, 0.1) is 0 Å². The van der Waals surface area contributed by atoms with Crippen molar-refractivity contribution in [3.8, 4) is 0 Å². The van der Waals surface area contributed by atoms with Crippen LogP contribution in [-0.4, -0.2) is 61.2 Å². The lowest BCUT2D eigenvalue weighted by molar-refractivity contribution is -0.134. The lowest BCUT2D eigenvalue weighted by atomic mass is 10.1. The Morgan fingerprint density at radius 2 is 2.07 bits per heavy atom. The van der Waals surface area contributed by atoms with E-state index in [-0.39, 0.29) is 29.7 Å². The van der Waals surface area contributed by atoms with Gasteiger partial charge < -0.3 is 19.3 Å². The summed E-state index contributed by atoms with van der Waals surface area (Å²) in [5, 5.41) is 0.946. The third kappa shape index (κ3) is 5.14. The zero-order chi connectivity index (χ0) is 21.7. The number of esters is 2. The largest absolute Gasteiger partial charge is 0.466 e. The molecule has 1 aromatic rings. The van der Waals surface area contributed by atoms with Crippen molar-refractivity contribution in [3.63, 3.8) is 0 Å². The van der Waals surface area contributed by atoms with Crippen LogP contribution >= 0.6 is 23.4 Å². The van der Waals surface area contributed by atoms with Crippen molar-refractivity contribution in [3.05, 3.63) is 39.9 Å². The number of amides is 2. The van der Waals surface area contributed by atoms with Gasteiger partial charge in [0.2, 0.25) is 11.8 Å². The second kappa shape index (κ2) is 9.99. The smallest absolute Gasteiger partial charge is 0.340 e. The van der Waals surface area contributed by atoms with Crippen LogP contribution in [0.5, 0.6) is 0 Å². The van der Waals surface area contributed by atoms with Crippen molar-refractivity contribution in [1.29, 1.82) is 0 Å². The Bertz CT molecular complexity index is 903. The van der Waals surface area contributed by atoms with Crippen LogP contribution in [0.3, 0.4) is 0 Å². The van der Waals surface area contributed by atoms with E-state index in [1.807, 2.05) is 0 Å². The molecule has 3 rings (SSSR count). The van der Waals surface area contributed by atoms with E-state index >= 15 is 0 Å². The van der Waals surface area contributed by atoms with Crippen molar-refractivity contribution in [2.45, 2.75) is 19.3 Å². The molecular formula is C20H21ClN2O6S. The molecule has 160 valence electrons. The first-order chi connectivity index (χ1) is 14.4. The summed E-state index contributed by atoms with van der Waals surface area (Å²) in [4.78, 5) is 51.1. The average Bonchev–Trinajstić information content (AvgIpc) is 3.30. The van der Waals surface area contributed by atoms with Crippen LogP contribution in [0.25, 0.3) is 0 Å². The molecule has 0 unspecified atom stereocenters. The number of thioether (sulfide) groups is 1. The third-order valence-electron chi connectivity index (χ3n) is 4.66. The Hall–Kier alpha value is -2.52. The predicted molar refractivity (Wildman–Crippen MR) is 112 cm³/mol. The van der Waals surface area contributed by atoms with Crippen LogP contribution in [-0.2, 0) is 23.9 Å². The maximum atomic E-state index is 12.6. The molecule has 0 radical (unpaired) electrons. The topological polar surface area (TPSA) is 93.2 Å². The standard InChI is InChI=1S/C20H21ClN2O6S/c1-28-19(26)11-18-23(17(25)12-30-18)8-3-9-29-20(27)14-6-5-13(21)10-15(14)22-7-2-4-16(22)24/h5-6,10-11H,2-4,7-9,12H2,1H3/b18-11+. The van der Waals surface area contributed by atoms with Gasteiger partial charge in [-0.05, 0) is 31.0 Å². The van der Waals surface area contributed by atoms with E-state index in [9.17, 15) is 19.2 Å². The summed E-state index contributed by atoms with van der Waals surface area (Å²) >= 11 is 7.31. The molecule has 2 aliphatic heterocycles. The fourth-order valence-electron chi connectivity index (χ4n) is 3.20. The number of halogens is 1. The Morgan fingerprint density at radius 1 is 1.27 bits per heavy atom. The van der Waals surface area contributed by atoms with Gasteiger partial charge in [0.05, 0.1) is 41.8 Å². The maximum Gasteiger partial charge on any atom is 0.340 e. The minimum atomic E-state index is -0.561. The number of ether oxygens (including phenoxy) is 2. The summed E-state index contributed by atoms with van der Waals surface area (Å²) in [6.45, 7) is 0.915. The van der Waals surface area contributed by atoms with E-state index in [1.54, 1.807) is 23.1 Å². The summed E-state index contributed by atoms with van der Waals surface area (Å²) in [5.74, 6) is -1.01. The van der Waals surface area contributed by atoms with Gasteiger partial charge in [-0.1, -0.05) is 23.4 Å². The van der Waals surface area contributed by atoms with Gasteiger partial charge in [-0.3, -0.25) is 9.59 Å². The molecule has 2 heterocycles. The normalized spacial score (nSPS) is 17.7. The Morgan fingerprint density at radius 3 is 2.77 bits per heavy atom. The number of benzene rings is 1. The summed E-state index contributed by atoms with van der Waals surface area (Å²) in [7, 11) is 1.27. The first-order valence-corrected chi connectivity index (χ1v) is 10.8. The lowest BCUT2D eigenvalue weighted by Crippen LogP contribution is -2.28. The minimum Gasteiger partial charge on any atom is -0.466 e. The first-order valence-electron chi connectivity index (χ1n) is 9.40. The van der Waals surface area contributed by atoms with Gasteiger partial charge in [0, 0.05) is 24.5 Å². The number of rotatable bonds is 7. The molecule has 10 heteroatoms. The van der Waals surface area contributed by atoms with E-state index in [1.165, 1.54) is 29.8 Å². The molecule has 0 saturated carbocycles. The highest BCUT2D eigenvalue weighted by Crippen LogP contribution is 2.30. The van der Waals surface area contributed by atoms with Crippen LogP contribution in [0.15, 0.2) is 29.3 Å². The molecule has 30 heavy (non-hydrogen) atoms. The van der Waals surface area contributed by atoms with Gasteiger partial charge in [-0.2, -0.15) is 0 Å². The Kier molecular flexibility index (Phi) is 7.38. The molecule has 0 N–H and O–H groups in total. The monoisotopic (exact) mass is 452 g/mol. The fourth-order valence-corrected chi connectivity index (χ4v) is 4.32. The molecule has 2 amide bonds. The van der Waals surface area contributed by atoms with E-state index in [4.69, 9.17) is 16.3 Å². The highest BCUT2D eigenvalue weighted by molar-refractivity contribution is 8.04. The Labute approximate surface area is 183 Å². The molecule has 0 aliphatic carbocycles. The molecular weight excluding hydrogens is 432 g/mol. The number of anilines is 1. The molecule has 0 aromatic heterocycles. The number of hydrogen-bond acceptors (Lipinski definition) is 7. The highest BCUT2D eigenvalue weighted by atomic mass is 35.5. The van der Waals surface area contributed by atoms with E-state index in [2.05, 4.69) is 4.74 Å². The van der Waals surface area contributed by atoms with Crippen molar-refractivity contribution >= 4 is 52.8 Å². The third-order valence-corrected chi connectivity index (χ3v) is 5.92. The molecule has 0 atom stereocenters. The van der Waals surface area contributed by atoms with Crippen LogP contribution in [0.4, 0.5) is 5.69 Å².